The second kappa shape index (κ2) is 8.08. The Balaban J connectivity index is 1.33. The Kier molecular flexibility index (Phi) is 5.19. The SMILES string of the molecule is O=C(Nc1ccccc1)C1CCN(C(=O)c2ccc(-n3cccn3)cc2)CC1. The van der Waals surface area contributed by atoms with E-state index < -0.39 is 0 Å². The van der Waals surface area contributed by atoms with E-state index >= 15 is 0 Å². The summed E-state index contributed by atoms with van der Waals surface area (Å²) in [4.78, 5) is 27.0. The molecule has 1 aliphatic heterocycles. The number of carbonyl (C=O) groups is 2. The molecule has 1 fully saturated rings. The Bertz CT molecular complexity index is 928. The number of benzene rings is 2. The Hall–Kier alpha value is -3.41. The van der Waals surface area contributed by atoms with Gasteiger partial charge in [-0.05, 0) is 55.3 Å². The quantitative estimate of drug-likeness (QED) is 0.761. The van der Waals surface area contributed by atoms with Gasteiger partial charge in [0.2, 0.25) is 5.91 Å². The molecule has 0 spiro atoms. The van der Waals surface area contributed by atoms with E-state index in [2.05, 4.69) is 10.4 Å². The van der Waals surface area contributed by atoms with Crippen molar-refractivity contribution in [1.82, 2.24) is 14.7 Å². The molecule has 6 heteroatoms. The number of anilines is 1. The number of nitrogens with zero attached hydrogens (tertiary/aromatic N) is 3. The number of para-hydroxylation sites is 1. The molecule has 1 aromatic heterocycles. The largest absolute Gasteiger partial charge is 0.339 e. The van der Waals surface area contributed by atoms with Crippen LogP contribution < -0.4 is 5.32 Å². The first kappa shape index (κ1) is 18.0. The minimum Gasteiger partial charge on any atom is -0.339 e. The lowest BCUT2D eigenvalue weighted by Gasteiger charge is -2.31. The van der Waals surface area contributed by atoms with Crippen molar-refractivity contribution < 1.29 is 9.59 Å². The molecule has 2 heterocycles. The monoisotopic (exact) mass is 374 g/mol. The third-order valence-corrected chi connectivity index (χ3v) is 5.08. The van der Waals surface area contributed by atoms with Crippen LogP contribution in [0.2, 0.25) is 0 Å². The third kappa shape index (κ3) is 3.96. The van der Waals surface area contributed by atoms with Crippen LogP contribution in [0.15, 0.2) is 73.1 Å². The van der Waals surface area contributed by atoms with Crippen LogP contribution in [-0.2, 0) is 4.79 Å². The van der Waals surface area contributed by atoms with Crippen molar-refractivity contribution in [2.45, 2.75) is 12.8 Å². The summed E-state index contributed by atoms with van der Waals surface area (Å²) < 4.78 is 1.76. The summed E-state index contributed by atoms with van der Waals surface area (Å²) >= 11 is 0. The van der Waals surface area contributed by atoms with Crippen molar-refractivity contribution in [3.8, 4) is 5.69 Å². The van der Waals surface area contributed by atoms with Crippen LogP contribution in [0.3, 0.4) is 0 Å². The van der Waals surface area contributed by atoms with Crippen LogP contribution in [-0.4, -0.2) is 39.6 Å². The van der Waals surface area contributed by atoms with E-state index in [4.69, 9.17) is 0 Å². The molecule has 1 aliphatic rings. The number of aromatic nitrogens is 2. The molecule has 0 atom stereocenters. The van der Waals surface area contributed by atoms with Gasteiger partial charge in [0.1, 0.15) is 0 Å². The minimum atomic E-state index is -0.0635. The lowest BCUT2D eigenvalue weighted by atomic mass is 9.95. The molecule has 142 valence electrons. The number of likely N-dealkylation sites (tertiary alicyclic amines) is 1. The van der Waals surface area contributed by atoms with Crippen LogP contribution >= 0.6 is 0 Å². The number of hydrogen-bond donors (Lipinski definition) is 1. The first-order valence-electron chi connectivity index (χ1n) is 9.46. The maximum absolute atomic E-state index is 12.8. The van der Waals surface area contributed by atoms with E-state index in [1.807, 2.05) is 71.8 Å². The van der Waals surface area contributed by atoms with Gasteiger partial charge in [-0.1, -0.05) is 18.2 Å². The molecule has 2 aromatic carbocycles. The van der Waals surface area contributed by atoms with Crippen LogP contribution in [0.5, 0.6) is 0 Å². The topological polar surface area (TPSA) is 67.2 Å². The molecule has 1 N–H and O–H groups in total. The Morgan fingerprint density at radius 1 is 0.929 bits per heavy atom. The number of nitrogens with one attached hydrogen (secondary N) is 1. The molecule has 3 aromatic rings. The van der Waals surface area contributed by atoms with E-state index in [1.54, 1.807) is 10.9 Å². The Morgan fingerprint density at radius 2 is 1.64 bits per heavy atom. The zero-order chi connectivity index (χ0) is 19.3. The predicted octanol–water partition coefficient (Wildman–Crippen LogP) is 3.36. The van der Waals surface area contributed by atoms with Crippen LogP contribution in [0, 0.1) is 5.92 Å². The van der Waals surface area contributed by atoms with Gasteiger partial charge in [-0.15, -0.1) is 0 Å². The standard InChI is InChI=1S/C22H22N4O2/c27-21(24-19-5-2-1-3-6-19)17-11-15-25(16-12-17)22(28)18-7-9-20(10-8-18)26-14-4-13-23-26/h1-10,13-14,17H,11-12,15-16H2,(H,24,27). The third-order valence-electron chi connectivity index (χ3n) is 5.08. The Morgan fingerprint density at radius 3 is 2.29 bits per heavy atom. The minimum absolute atomic E-state index is 0.00827. The molecule has 2 amide bonds. The van der Waals surface area contributed by atoms with Gasteiger partial charge in [0.15, 0.2) is 0 Å². The lowest BCUT2D eigenvalue weighted by Crippen LogP contribution is -2.41. The molecule has 28 heavy (non-hydrogen) atoms. The van der Waals surface area contributed by atoms with Crippen molar-refractivity contribution >= 4 is 17.5 Å². The smallest absolute Gasteiger partial charge is 0.253 e. The summed E-state index contributed by atoms with van der Waals surface area (Å²) in [5.41, 5.74) is 2.38. The number of amides is 2. The van der Waals surface area contributed by atoms with Crippen LogP contribution in [0.25, 0.3) is 5.69 Å². The summed E-state index contributed by atoms with van der Waals surface area (Å²) in [7, 11) is 0. The predicted molar refractivity (Wildman–Crippen MR) is 107 cm³/mol. The van der Waals surface area contributed by atoms with E-state index in [-0.39, 0.29) is 17.7 Å². The zero-order valence-corrected chi connectivity index (χ0v) is 15.5. The fourth-order valence-electron chi connectivity index (χ4n) is 3.47. The molecule has 0 saturated carbocycles. The fourth-order valence-corrected chi connectivity index (χ4v) is 3.47. The second-order valence-corrected chi connectivity index (χ2v) is 6.92. The van der Waals surface area contributed by atoms with Gasteiger partial charge in [0.05, 0.1) is 5.69 Å². The van der Waals surface area contributed by atoms with Gasteiger partial charge in [0, 0.05) is 42.7 Å². The van der Waals surface area contributed by atoms with Crippen LogP contribution in [0.4, 0.5) is 5.69 Å². The van der Waals surface area contributed by atoms with Gasteiger partial charge in [-0.2, -0.15) is 5.10 Å². The van der Waals surface area contributed by atoms with Gasteiger partial charge < -0.3 is 10.2 Å². The van der Waals surface area contributed by atoms with Gasteiger partial charge >= 0.3 is 0 Å². The van der Waals surface area contributed by atoms with Gasteiger partial charge in [0.25, 0.3) is 5.91 Å². The maximum atomic E-state index is 12.8. The molecule has 0 bridgehead atoms. The Labute approximate surface area is 163 Å². The number of carbonyl (C=O) groups excluding carboxylic acids is 2. The maximum Gasteiger partial charge on any atom is 0.253 e. The lowest BCUT2D eigenvalue weighted by molar-refractivity contribution is -0.121. The number of rotatable bonds is 4. The molecule has 4 rings (SSSR count). The molecule has 0 aliphatic carbocycles. The fraction of sp³-hybridized carbons (Fsp3) is 0.227. The number of hydrogen-bond acceptors (Lipinski definition) is 3. The second-order valence-electron chi connectivity index (χ2n) is 6.92. The van der Waals surface area contributed by atoms with Gasteiger partial charge in [-0.25, -0.2) is 4.68 Å². The average Bonchev–Trinajstić information content (AvgIpc) is 3.29. The van der Waals surface area contributed by atoms with Crippen LogP contribution in [0.1, 0.15) is 23.2 Å². The van der Waals surface area contributed by atoms with E-state index in [0.29, 0.717) is 31.5 Å². The molecule has 1 saturated heterocycles. The normalized spacial score (nSPS) is 14.6. The summed E-state index contributed by atoms with van der Waals surface area (Å²) in [6.45, 7) is 1.18. The van der Waals surface area contributed by atoms with E-state index in [1.165, 1.54) is 0 Å². The molecule has 0 unspecified atom stereocenters. The van der Waals surface area contributed by atoms with Crippen molar-refractivity contribution in [3.05, 3.63) is 78.6 Å². The summed E-state index contributed by atoms with van der Waals surface area (Å²) in [5.74, 6) is -0.0257. The van der Waals surface area contributed by atoms with Gasteiger partial charge in [-0.3, -0.25) is 9.59 Å². The van der Waals surface area contributed by atoms with Crippen molar-refractivity contribution in [2.75, 3.05) is 18.4 Å². The van der Waals surface area contributed by atoms with E-state index in [9.17, 15) is 9.59 Å². The first-order chi connectivity index (χ1) is 13.7. The molecule has 6 nitrogen and oxygen atoms in total. The summed E-state index contributed by atoms with van der Waals surface area (Å²) in [5, 5.41) is 7.15. The summed E-state index contributed by atoms with van der Waals surface area (Å²) in [6.07, 6.45) is 4.94. The van der Waals surface area contributed by atoms with Crippen molar-refractivity contribution in [1.29, 1.82) is 0 Å². The highest BCUT2D eigenvalue weighted by Gasteiger charge is 2.27. The highest BCUT2D eigenvalue weighted by atomic mass is 16.2. The van der Waals surface area contributed by atoms with Crippen molar-refractivity contribution in [3.63, 3.8) is 0 Å². The zero-order valence-electron chi connectivity index (χ0n) is 15.5. The summed E-state index contributed by atoms with van der Waals surface area (Å²) in [6, 6.07) is 18.8. The molecule has 0 radical (unpaired) electrons. The first-order valence-corrected chi connectivity index (χ1v) is 9.46. The van der Waals surface area contributed by atoms with Crippen molar-refractivity contribution in [2.24, 2.45) is 5.92 Å². The highest BCUT2D eigenvalue weighted by Crippen LogP contribution is 2.21. The highest BCUT2D eigenvalue weighted by molar-refractivity contribution is 5.95. The molecular formula is C22H22N4O2. The number of piperidine rings is 1. The van der Waals surface area contributed by atoms with E-state index in [0.717, 1.165) is 11.4 Å². The average molecular weight is 374 g/mol. The molecular weight excluding hydrogens is 352 g/mol.